The number of amides is 2. The Balaban J connectivity index is 2.06. The standard InChI is InChI=1S/C19H20BrF2N3O4S3/c1-9(23-16(26)27)19(21,22)14-11(20)12-13(31-14)15(32-24-12)25(8-10-6-5-7-30-10)17(28)29-18(2,3)4/h5-7,9,23H,8H2,1-4H3,(H,26,27)/t9-/m0/s1. The SMILES string of the molecule is C[C@H](NC(=O)O)C(F)(F)c1sc2c(N(Cc3cccs3)C(=O)OC(C)(C)C)snc2c1Br. The van der Waals surface area contributed by atoms with Crippen LogP contribution in [0.3, 0.4) is 0 Å². The second-order valence-corrected chi connectivity index (χ2v) is 11.4. The largest absolute Gasteiger partial charge is 0.465 e. The fraction of sp³-hybridized carbons (Fsp3) is 0.421. The lowest BCUT2D eigenvalue weighted by molar-refractivity contribution is -0.0328. The lowest BCUT2D eigenvalue weighted by Gasteiger charge is -2.26. The average Bonchev–Trinajstić information content (AvgIpc) is 3.36. The molecule has 7 nitrogen and oxygen atoms in total. The number of nitrogens with one attached hydrogen (secondary N) is 1. The van der Waals surface area contributed by atoms with Crippen molar-refractivity contribution in [1.82, 2.24) is 9.69 Å². The number of fused-ring (bicyclic) bond motifs is 1. The quantitative estimate of drug-likeness (QED) is 0.339. The summed E-state index contributed by atoms with van der Waals surface area (Å²) >= 11 is 6.43. The number of anilines is 1. The van der Waals surface area contributed by atoms with Crippen molar-refractivity contribution < 1.29 is 28.2 Å². The van der Waals surface area contributed by atoms with Crippen LogP contribution in [0.4, 0.5) is 23.4 Å². The van der Waals surface area contributed by atoms with Gasteiger partial charge in [-0.3, -0.25) is 4.90 Å². The Bertz CT molecular complexity index is 1130. The van der Waals surface area contributed by atoms with Gasteiger partial charge in [0.2, 0.25) is 0 Å². The summed E-state index contributed by atoms with van der Waals surface area (Å²) in [6.07, 6.45) is -2.16. The summed E-state index contributed by atoms with van der Waals surface area (Å²) in [5.41, 5.74) is -0.465. The molecule has 0 aromatic carbocycles. The predicted molar refractivity (Wildman–Crippen MR) is 126 cm³/mol. The second kappa shape index (κ2) is 9.20. The normalized spacial score (nSPS) is 13.2. The molecule has 0 unspecified atom stereocenters. The highest BCUT2D eigenvalue weighted by Crippen LogP contribution is 2.49. The van der Waals surface area contributed by atoms with Crippen molar-refractivity contribution >= 4 is 77.5 Å². The number of carbonyl (C=O) groups is 2. The van der Waals surface area contributed by atoms with Crippen LogP contribution >= 0.6 is 50.1 Å². The van der Waals surface area contributed by atoms with Crippen molar-refractivity contribution in [3.05, 3.63) is 31.7 Å². The van der Waals surface area contributed by atoms with Crippen molar-refractivity contribution in [3.8, 4) is 0 Å². The summed E-state index contributed by atoms with van der Waals surface area (Å²) in [5.74, 6) is -3.50. The molecule has 3 rings (SSSR count). The van der Waals surface area contributed by atoms with E-state index in [4.69, 9.17) is 9.84 Å². The van der Waals surface area contributed by atoms with Crippen molar-refractivity contribution in [2.24, 2.45) is 0 Å². The van der Waals surface area contributed by atoms with E-state index >= 15 is 8.78 Å². The maximum Gasteiger partial charge on any atom is 0.415 e. The average molecular weight is 568 g/mol. The fourth-order valence-corrected chi connectivity index (χ4v) is 6.67. The molecule has 0 radical (unpaired) electrons. The summed E-state index contributed by atoms with van der Waals surface area (Å²) in [7, 11) is 0. The van der Waals surface area contributed by atoms with Crippen LogP contribution in [0.25, 0.3) is 10.2 Å². The molecular weight excluding hydrogens is 548 g/mol. The molecule has 2 N–H and O–H groups in total. The van der Waals surface area contributed by atoms with Gasteiger partial charge in [0.15, 0.2) is 0 Å². The third-order valence-electron chi connectivity index (χ3n) is 4.18. The van der Waals surface area contributed by atoms with Crippen molar-refractivity contribution in [2.45, 2.75) is 51.8 Å². The van der Waals surface area contributed by atoms with E-state index in [-0.39, 0.29) is 21.4 Å². The number of carbonyl (C=O) groups excluding carboxylic acids is 1. The Hall–Kier alpha value is -1.83. The monoisotopic (exact) mass is 567 g/mol. The highest BCUT2D eigenvalue weighted by molar-refractivity contribution is 9.10. The molecule has 174 valence electrons. The summed E-state index contributed by atoms with van der Waals surface area (Å²) in [6, 6.07) is 2.05. The van der Waals surface area contributed by atoms with Crippen molar-refractivity contribution in [2.75, 3.05) is 4.90 Å². The number of nitrogens with zero attached hydrogens (tertiary/aromatic N) is 2. The van der Waals surface area contributed by atoms with Gasteiger partial charge in [0.1, 0.15) is 16.1 Å². The van der Waals surface area contributed by atoms with E-state index in [2.05, 4.69) is 20.3 Å². The number of carboxylic acid groups (broad SMARTS) is 1. The molecule has 0 spiro atoms. The third kappa shape index (κ3) is 5.21. The van der Waals surface area contributed by atoms with Gasteiger partial charge in [0, 0.05) is 4.88 Å². The molecule has 0 aliphatic heterocycles. The number of rotatable bonds is 6. The molecule has 0 fully saturated rings. The number of hydrogen-bond donors (Lipinski definition) is 2. The first kappa shape index (κ1) is 24.8. The minimum Gasteiger partial charge on any atom is -0.465 e. The van der Waals surface area contributed by atoms with Gasteiger partial charge in [0.25, 0.3) is 0 Å². The molecule has 0 aliphatic rings. The second-order valence-electron chi connectivity index (χ2n) is 7.85. The van der Waals surface area contributed by atoms with Crippen molar-refractivity contribution in [3.63, 3.8) is 0 Å². The van der Waals surface area contributed by atoms with Crippen LogP contribution in [-0.2, 0) is 17.2 Å². The maximum atomic E-state index is 15.0. The van der Waals surface area contributed by atoms with Crippen LogP contribution in [0, 0.1) is 0 Å². The molecule has 2 amide bonds. The first-order valence-electron chi connectivity index (χ1n) is 9.29. The predicted octanol–water partition coefficient (Wildman–Crippen LogP) is 6.87. The first-order chi connectivity index (χ1) is 14.8. The van der Waals surface area contributed by atoms with Gasteiger partial charge in [-0.25, -0.2) is 9.59 Å². The molecule has 13 heteroatoms. The van der Waals surface area contributed by atoms with Crippen LogP contribution in [0.1, 0.15) is 37.4 Å². The number of thiophene rings is 2. The van der Waals surface area contributed by atoms with Crippen LogP contribution in [0.15, 0.2) is 22.0 Å². The Labute approximate surface area is 203 Å². The minimum absolute atomic E-state index is 0.0734. The van der Waals surface area contributed by atoms with Gasteiger partial charge in [-0.15, -0.1) is 22.7 Å². The number of alkyl halides is 2. The number of hydrogen-bond acceptors (Lipinski definition) is 7. The summed E-state index contributed by atoms with van der Waals surface area (Å²) in [5, 5.41) is 12.9. The van der Waals surface area contributed by atoms with Crippen molar-refractivity contribution in [1.29, 1.82) is 0 Å². The lowest BCUT2D eigenvalue weighted by Crippen LogP contribution is -2.43. The zero-order valence-corrected chi connectivity index (χ0v) is 21.5. The highest BCUT2D eigenvalue weighted by atomic mass is 79.9. The maximum absolute atomic E-state index is 15.0. The van der Waals surface area contributed by atoms with E-state index in [9.17, 15) is 9.59 Å². The smallest absolute Gasteiger partial charge is 0.415 e. The fourth-order valence-electron chi connectivity index (χ4n) is 2.71. The molecular formula is C19H20BrF2N3O4S3. The molecule has 0 saturated heterocycles. The molecule has 3 aromatic heterocycles. The summed E-state index contributed by atoms with van der Waals surface area (Å²) < 4.78 is 40.4. The molecule has 0 bridgehead atoms. The van der Waals surface area contributed by atoms with E-state index in [1.54, 1.807) is 20.8 Å². The zero-order chi connectivity index (χ0) is 23.8. The summed E-state index contributed by atoms with van der Waals surface area (Å²) in [4.78, 5) is 25.8. The van der Waals surface area contributed by atoms with Gasteiger partial charge in [-0.1, -0.05) is 6.07 Å². The Morgan fingerprint density at radius 3 is 2.62 bits per heavy atom. The molecule has 0 saturated carbocycles. The van der Waals surface area contributed by atoms with E-state index < -0.39 is 29.8 Å². The van der Waals surface area contributed by atoms with E-state index in [0.717, 1.165) is 34.7 Å². The molecule has 3 aromatic rings. The van der Waals surface area contributed by atoms with Gasteiger partial charge < -0.3 is 15.2 Å². The first-order valence-corrected chi connectivity index (χ1v) is 12.6. The van der Waals surface area contributed by atoms with Crippen LogP contribution < -0.4 is 10.2 Å². The topological polar surface area (TPSA) is 91.8 Å². The van der Waals surface area contributed by atoms with E-state index in [1.807, 2.05) is 22.8 Å². The van der Waals surface area contributed by atoms with Gasteiger partial charge in [-0.2, -0.15) is 13.2 Å². The lowest BCUT2D eigenvalue weighted by atomic mass is 10.1. The zero-order valence-electron chi connectivity index (χ0n) is 17.4. The number of halogens is 3. The van der Waals surface area contributed by atoms with E-state index in [1.165, 1.54) is 16.2 Å². The molecule has 32 heavy (non-hydrogen) atoms. The van der Waals surface area contributed by atoms with Crippen LogP contribution in [0.5, 0.6) is 0 Å². The summed E-state index contributed by atoms with van der Waals surface area (Å²) in [6.45, 7) is 6.52. The van der Waals surface area contributed by atoms with Crippen LogP contribution in [-0.4, -0.2) is 33.3 Å². The van der Waals surface area contributed by atoms with Gasteiger partial charge in [0.05, 0.1) is 26.6 Å². The van der Waals surface area contributed by atoms with E-state index in [0.29, 0.717) is 9.70 Å². The van der Waals surface area contributed by atoms with Crippen LogP contribution in [0.2, 0.25) is 0 Å². The molecule has 1 atom stereocenters. The Kier molecular flexibility index (Phi) is 7.13. The molecule has 3 heterocycles. The highest BCUT2D eigenvalue weighted by Gasteiger charge is 2.44. The third-order valence-corrected chi connectivity index (χ3v) is 8.35. The Morgan fingerprint density at radius 2 is 2.06 bits per heavy atom. The minimum atomic E-state index is -3.50. The van der Waals surface area contributed by atoms with Gasteiger partial charge in [-0.05, 0) is 66.6 Å². The molecule has 0 aliphatic carbocycles. The number of ether oxygens (including phenoxy) is 1. The Morgan fingerprint density at radius 1 is 1.38 bits per heavy atom. The number of aromatic nitrogens is 1. The van der Waals surface area contributed by atoms with Gasteiger partial charge >= 0.3 is 18.1 Å².